The van der Waals surface area contributed by atoms with E-state index in [1.54, 1.807) is 0 Å². The number of aromatic nitrogens is 2. The number of rotatable bonds is 1. The van der Waals surface area contributed by atoms with Gasteiger partial charge in [0.25, 0.3) is 5.56 Å². The summed E-state index contributed by atoms with van der Waals surface area (Å²) in [6.07, 6.45) is 0. The number of H-pyrrole nitrogens is 1. The fourth-order valence-corrected chi connectivity index (χ4v) is 1.93. The molecule has 3 heteroatoms. The second-order valence-corrected chi connectivity index (χ2v) is 4.50. The van der Waals surface area contributed by atoms with Crippen LogP contribution < -0.4 is 5.56 Å². The quantitative estimate of drug-likeness (QED) is 0.815. The van der Waals surface area contributed by atoms with Crippen LogP contribution in [-0.2, 0) is 0 Å². The molecule has 0 spiro atoms. The van der Waals surface area contributed by atoms with Gasteiger partial charge in [-0.1, -0.05) is 17.2 Å². The molecule has 0 amide bonds. The zero-order chi connectivity index (χ0) is 12.6. The minimum atomic E-state index is -0.127. The Morgan fingerprint density at radius 3 is 2.18 bits per heavy atom. The number of aryl methyl sites for hydroxylation is 4. The van der Waals surface area contributed by atoms with Gasteiger partial charge < -0.3 is 4.98 Å². The molecule has 1 heterocycles. The normalized spacial score (nSPS) is 10.6. The SMILES string of the molecule is Cc1cc(C)cc(-c2nc(C)c(C)[nH]c2=O)c1. The maximum atomic E-state index is 11.9. The Morgan fingerprint density at radius 1 is 1.00 bits per heavy atom. The molecule has 88 valence electrons. The Labute approximate surface area is 101 Å². The lowest BCUT2D eigenvalue weighted by Gasteiger charge is -2.06. The molecule has 0 aliphatic heterocycles. The lowest BCUT2D eigenvalue weighted by Crippen LogP contribution is -2.14. The van der Waals surface area contributed by atoms with Crippen molar-refractivity contribution in [1.29, 1.82) is 0 Å². The molecule has 0 unspecified atom stereocenters. The molecule has 3 nitrogen and oxygen atoms in total. The summed E-state index contributed by atoms with van der Waals surface area (Å²) >= 11 is 0. The summed E-state index contributed by atoms with van der Waals surface area (Å²) in [6.45, 7) is 7.80. The van der Waals surface area contributed by atoms with Crippen molar-refractivity contribution in [1.82, 2.24) is 9.97 Å². The van der Waals surface area contributed by atoms with Gasteiger partial charge in [-0.15, -0.1) is 0 Å². The third kappa shape index (κ3) is 2.28. The van der Waals surface area contributed by atoms with Crippen LogP contribution in [0.15, 0.2) is 23.0 Å². The predicted octanol–water partition coefficient (Wildman–Crippen LogP) is 2.67. The van der Waals surface area contributed by atoms with Gasteiger partial charge in [0, 0.05) is 11.3 Å². The largest absolute Gasteiger partial charge is 0.323 e. The van der Waals surface area contributed by atoms with Crippen LogP contribution in [0.2, 0.25) is 0 Å². The number of hydrogen-bond acceptors (Lipinski definition) is 2. The Hall–Kier alpha value is -1.90. The van der Waals surface area contributed by atoms with Gasteiger partial charge in [0.2, 0.25) is 0 Å². The second-order valence-electron chi connectivity index (χ2n) is 4.50. The van der Waals surface area contributed by atoms with E-state index in [9.17, 15) is 4.79 Å². The third-order valence-electron chi connectivity index (χ3n) is 2.83. The maximum absolute atomic E-state index is 11.9. The molecular formula is C14H16N2O. The van der Waals surface area contributed by atoms with Gasteiger partial charge >= 0.3 is 0 Å². The van der Waals surface area contributed by atoms with Crippen LogP contribution in [-0.4, -0.2) is 9.97 Å². The Morgan fingerprint density at radius 2 is 1.59 bits per heavy atom. The molecule has 0 saturated heterocycles. The highest BCUT2D eigenvalue weighted by Crippen LogP contribution is 2.17. The summed E-state index contributed by atoms with van der Waals surface area (Å²) in [7, 11) is 0. The number of benzene rings is 1. The zero-order valence-corrected chi connectivity index (χ0v) is 10.6. The van der Waals surface area contributed by atoms with Crippen molar-refractivity contribution in [2.45, 2.75) is 27.7 Å². The van der Waals surface area contributed by atoms with Gasteiger partial charge in [-0.25, -0.2) is 4.98 Å². The van der Waals surface area contributed by atoms with E-state index >= 15 is 0 Å². The van der Waals surface area contributed by atoms with E-state index in [2.05, 4.69) is 16.0 Å². The van der Waals surface area contributed by atoms with E-state index in [-0.39, 0.29) is 5.56 Å². The lowest BCUT2D eigenvalue weighted by molar-refractivity contribution is 1.02. The molecule has 0 aliphatic rings. The van der Waals surface area contributed by atoms with Crippen molar-refractivity contribution in [3.05, 3.63) is 51.1 Å². The van der Waals surface area contributed by atoms with E-state index < -0.39 is 0 Å². The van der Waals surface area contributed by atoms with Crippen molar-refractivity contribution in [2.75, 3.05) is 0 Å². The molecule has 2 rings (SSSR count). The Kier molecular flexibility index (Phi) is 2.84. The first-order valence-corrected chi connectivity index (χ1v) is 5.63. The molecule has 0 saturated carbocycles. The summed E-state index contributed by atoms with van der Waals surface area (Å²) < 4.78 is 0. The molecule has 1 aromatic heterocycles. The van der Waals surface area contributed by atoms with E-state index in [4.69, 9.17) is 0 Å². The minimum Gasteiger partial charge on any atom is -0.323 e. The second kappa shape index (κ2) is 4.17. The van der Waals surface area contributed by atoms with Crippen LogP contribution >= 0.6 is 0 Å². The van der Waals surface area contributed by atoms with Gasteiger partial charge in [-0.3, -0.25) is 4.79 Å². The molecule has 0 aliphatic carbocycles. The Balaban J connectivity index is 2.68. The highest BCUT2D eigenvalue weighted by atomic mass is 16.1. The number of nitrogens with one attached hydrogen (secondary N) is 1. The number of nitrogens with zero attached hydrogens (tertiary/aromatic N) is 1. The van der Waals surface area contributed by atoms with Crippen LogP contribution in [0.3, 0.4) is 0 Å². The summed E-state index contributed by atoms with van der Waals surface area (Å²) in [5.74, 6) is 0. The van der Waals surface area contributed by atoms with Crippen LogP contribution in [0.4, 0.5) is 0 Å². The average Bonchev–Trinajstić information content (AvgIpc) is 2.22. The van der Waals surface area contributed by atoms with Gasteiger partial charge in [-0.2, -0.15) is 0 Å². The molecule has 1 N–H and O–H groups in total. The van der Waals surface area contributed by atoms with Gasteiger partial charge in [0.15, 0.2) is 0 Å². The monoisotopic (exact) mass is 228 g/mol. The molecule has 0 fully saturated rings. The summed E-state index contributed by atoms with van der Waals surface area (Å²) in [5.41, 5.74) is 5.21. The zero-order valence-electron chi connectivity index (χ0n) is 10.6. The van der Waals surface area contributed by atoms with Crippen LogP contribution in [0.25, 0.3) is 11.3 Å². The third-order valence-corrected chi connectivity index (χ3v) is 2.83. The van der Waals surface area contributed by atoms with Crippen molar-refractivity contribution in [3.8, 4) is 11.3 Å². The van der Waals surface area contributed by atoms with Gasteiger partial charge in [-0.05, 0) is 39.8 Å². The Bertz CT molecular complexity index is 606. The standard InChI is InChI=1S/C14H16N2O/c1-8-5-9(2)7-12(6-8)13-14(17)16-11(4)10(3)15-13/h5-7H,1-4H3,(H,16,17). The molecular weight excluding hydrogens is 212 g/mol. The highest BCUT2D eigenvalue weighted by Gasteiger charge is 2.08. The molecule has 1 aromatic carbocycles. The van der Waals surface area contributed by atoms with Crippen molar-refractivity contribution >= 4 is 0 Å². The summed E-state index contributed by atoms with van der Waals surface area (Å²) in [4.78, 5) is 19.1. The number of aromatic amines is 1. The van der Waals surface area contributed by atoms with Crippen molar-refractivity contribution in [3.63, 3.8) is 0 Å². The first-order chi connectivity index (χ1) is 7.97. The predicted molar refractivity (Wildman–Crippen MR) is 69.2 cm³/mol. The van der Waals surface area contributed by atoms with Crippen molar-refractivity contribution < 1.29 is 0 Å². The molecule has 0 bridgehead atoms. The van der Waals surface area contributed by atoms with Crippen LogP contribution in [0, 0.1) is 27.7 Å². The van der Waals surface area contributed by atoms with E-state index in [0.717, 1.165) is 28.1 Å². The smallest absolute Gasteiger partial charge is 0.274 e. The summed E-state index contributed by atoms with van der Waals surface area (Å²) in [6, 6.07) is 6.05. The fraction of sp³-hybridized carbons (Fsp3) is 0.286. The van der Waals surface area contributed by atoms with Gasteiger partial charge in [0.1, 0.15) is 5.69 Å². The average molecular weight is 228 g/mol. The first kappa shape index (κ1) is 11.6. The minimum absolute atomic E-state index is 0.127. The van der Waals surface area contributed by atoms with E-state index in [1.807, 2.05) is 39.8 Å². The highest BCUT2D eigenvalue weighted by molar-refractivity contribution is 5.60. The molecule has 0 radical (unpaired) electrons. The fourth-order valence-electron chi connectivity index (χ4n) is 1.93. The topological polar surface area (TPSA) is 45.8 Å². The lowest BCUT2D eigenvalue weighted by atomic mass is 10.1. The van der Waals surface area contributed by atoms with Gasteiger partial charge in [0.05, 0.1) is 5.69 Å². The molecule has 17 heavy (non-hydrogen) atoms. The van der Waals surface area contributed by atoms with E-state index in [1.165, 1.54) is 0 Å². The maximum Gasteiger partial charge on any atom is 0.274 e. The van der Waals surface area contributed by atoms with E-state index in [0.29, 0.717) is 5.69 Å². The van der Waals surface area contributed by atoms with Crippen LogP contribution in [0.1, 0.15) is 22.5 Å². The first-order valence-electron chi connectivity index (χ1n) is 5.63. The molecule has 2 aromatic rings. The summed E-state index contributed by atoms with van der Waals surface area (Å²) in [5, 5.41) is 0. The molecule has 0 atom stereocenters. The van der Waals surface area contributed by atoms with Crippen molar-refractivity contribution in [2.24, 2.45) is 0 Å². The number of hydrogen-bond donors (Lipinski definition) is 1. The van der Waals surface area contributed by atoms with Crippen LogP contribution in [0.5, 0.6) is 0 Å².